The molecule has 1 aromatic heterocycles. The molecular formula is C9H6BrFN4. The van der Waals surface area contributed by atoms with E-state index in [4.69, 9.17) is 0 Å². The average molecular weight is 269 g/mol. The molecule has 4 nitrogen and oxygen atoms in total. The van der Waals surface area contributed by atoms with Crippen molar-refractivity contribution in [3.63, 3.8) is 0 Å². The van der Waals surface area contributed by atoms with E-state index in [9.17, 15) is 4.39 Å². The molecule has 0 radical (unpaired) electrons. The van der Waals surface area contributed by atoms with Gasteiger partial charge in [-0.3, -0.25) is 0 Å². The maximum Gasteiger partial charge on any atom is 0.206 e. The van der Waals surface area contributed by atoms with Crippen LogP contribution in [-0.2, 0) is 0 Å². The molecule has 0 amide bonds. The lowest BCUT2D eigenvalue weighted by Gasteiger charge is -2.01. The molecule has 0 saturated heterocycles. The van der Waals surface area contributed by atoms with Crippen molar-refractivity contribution in [3.05, 3.63) is 34.3 Å². The Hall–Kier alpha value is -1.43. The minimum atomic E-state index is -0.412. The zero-order valence-corrected chi connectivity index (χ0v) is 9.36. The van der Waals surface area contributed by atoms with Crippen LogP contribution in [0.2, 0.25) is 0 Å². The van der Waals surface area contributed by atoms with Crippen molar-refractivity contribution in [1.82, 2.24) is 20.4 Å². The van der Waals surface area contributed by atoms with Crippen molar-refractivity contribution < 1.29 is 4.39 Å². The zero-order valence-electron chi connectivity index (χ0n) is 7.78. The highest BCUT2D eigenvalue weighted by molar-refractivity contribution is 9.10. The molecule has 0 spiro atoms. The molecule has 2 rings (SSSR count). The van der Waals surface area contributed by atoms with E-state index in [1.807, 2.05) is 0 Å². The summed E-state index contributed by atoms with van der Waals surface area (Å²) in [6.07, 6.45) is 0. The minimum absolute atomic E-state index is 0.180. The molecule has 6 heteroatoms. The Labute approximate surface area is 93.7 Å². The summed E-state index contributed by atoms with van der Waals surface area (Å²) in [6.45, 7) is 1.67. The van der Waals surface area contributed by atoms with Gasteiger partial charge in [-0.15, -0.1) is 20.4 Å². The van der Waals surface area contributed by atoms with E-state index in [-0.39, 0.29) is 11.4 Å². The monoisotopic (exact) mass is 268 g/mol. The molecule has 1 aromatic carbocycles. The van der Waals surface area contributed by atoms with Crippen molar-refractivity contribution in [1.29, 1.82) is 0 Å². The Morgan fingerprint density at radius 3 is 2.47 bits per heavy atom. The number of hydrogen-bond acceptors (Lipinski definition) is 4. The van der Waals surface area contributed by atoms with E-state index in [0.717, 1.165) is 0 Å². The second-order valence-electron chi connectivity index (χ2n) is 2.87. The molecule has 0 unspecified atom stereocenters. The van der Waals surface area contributed by atoms with Gasteiger partial charge in [0.05, 0.1) is 10.0 Å². The predicted molar refractivity (Wildman–Crippen MR) is 55.5 cm³/mol. The Bertz CT molecular complexity index is 486. The maximum absolute atomic E-state index is 13.6. The van der Waals surface area contributed by atoms with Gasteiger partial charge in [0.25, 0.3) is 0 Å². The number of benzene rings is 1. The summed E-state index contributed by atoms with van der Waals surface area (Å²) < 4.78 is 14.0. The SMILES string of the molecule is Cc1nnc(-c2cccc(Br)c2F)nn1. The van der Waals surface area contributed by atoms with Gasteiger partial charge >= 0.3 is 0 Å². The molecule has 0 atom stereocenters. The Morgan fingerprint density at radius 2 is 1.80 bits per heavy atom. The van der Waals surface area contributed by atoms with Gasteiger partial charge in [0.2, 0.25) is 5.82 Å². The van der Waals surface area contributed by atoms with Crippen molar-refractivity contribution >= 4 is 15.9 Å². The maximum atomic E-state index is 13.6. The molecule has 0 aliphatic carbocycles. The highest BCUT2D eigenvalue weighted by atomic mass is 79.9. The van der Waals surface area contributed by atoms with Gasteiger partial charge < -0.3 is 0 Å². The third-order valence-corrected chi connectivity index (χ3v) is 2.38. The van der Waals surface area contributed by atoms with Crippen LogP contribution < -0.4 is 0 Å². The lowest BCUT2D eigenvalue weighted by Crippen LogP contribution is -2.00. The van der Waals surface area contributed by atoms with Gasteiger partial charge in [0.1, 0.15) is 5.82 Å². The zero-order chi connectivity index (χ0) is 10.8. The van der Waals surface area contributed by atoms with Crippen molar-refractivity contribution in [3.8, 4) is 11.4 Å². The van der Waals surface area contributed by atoms with Crippen LogP contribution in [0.5, 0.6) is 0 Å². The third-order valence-electron chi connectivity index (χ3n) is 1.77. The molecular weight excluding hydrogens is 263 g/mol. The highest BCUT2D eigenvalue weighted by Crippen LogP contribution is 2.24. The first-order valence-corrected chi connectivity index (χ1v) is 4.96. The van der Waals surface area contributed by atoms with Crippen LogP contribution in [0.4, 0.5) is 4.39 Å². The Kier molecular flexibility index (Phi) is 2.68. The lowest BCUT2D eigenvalue weighted by molar-refractivity contribution is 0.621. The summed E-state index contributed by atoms with van der Waals surface area (Å²) in [6, 6.07) is 4.88. The van der Waals surface area contributed by atoms with Crippen LogP contribution in [0.15, 0.2) is 22.7 Å². The highest BCUT2D eigenvalue weighted by Gasteiger charge is 2.11. The topological polar surface area (TPSA) is 51.6 Å². The van der Waals surface area contributed by atoms with Gasteiger partial charge in [0.15, 0.2) is 5.82 Å². The van der Waals surface area contributed by atoms with Crippen molar-refractivity contribution in [2.45, 2.75) is 6.92 Å². The normalized spacial score (nSPS) is 10.3. The Balaban J connectivity index is 2.54. The molecule has 0 aliphatic rings. The predicted octanol–water partition coefficient (Wildman–Crippen LogP) is 2.14. The van der Waals surface area contributed by atoms with Gasteiger partial charge in [-0.2, -0.15) is 0 Å². The minimum Gasteiger partial charge on any atom is -0.205 e. The molecule has 0 aliphatic heterocycles. The van der Waals surface area contributed by atoms with Crippen molar-refractivity contribution in [2.75, 3.05) is 0 Å². The van der Waals surface area contributed by atoms with E-state index in [2.05, 4.69) is 36.3 Å². The number of rotatable bonds is 1. The third kappa shape index (κ3) is 1.99. The first kappa shape index (κ1) is 10.1. The van der Waals surface area contributed by atoms with E-state index >= 15 is 0 Å². The quantitative estimate of drug-likeness (QED) is 0.795. The Morgan fingerprint density at radius 1 is 1.13 bits per heavy atom. The molecule has 0 saturated carbocycles. The molecule has 1 heterocycles. The van der Waals surface area contributed by atoms with E-state index in [0.29, 0.717) is 10.3 Å². The largest absolute Gasteiger partial charge is 0.206 e. The molecule has 76 valence electrons. The summed E-state index contributed by atoms with van der Waals surface area (Å²) in [5, 5.41) is 15.0. The van der Waals surface area contributed by atoms with Gasteiger partial charge in [-0.05, 0) is 35.0 Å². The number of aromatic nitrogens is 4. The summed E-state index contributed by atoms with van der Waals surface area (Å²) >= 11 is 3.09. The van der Waals surface area contributed by atoms with Crippen LogP contribution in [-0.4, -0.2) is 20.4 Å². The van der Waals surface area contributed by atoms with Gasteiger partial charge in [0, 0.05) is 0 Å². The molecule has 0 bridgehead atoms. The van der Waals surface area contributed by atoms with Crippen LogP contribution in [0, 0.1) is 12.7 Å². The van der Waals surface area contributed by atoms with E-state index in [1.54, 1.807) is 25.1 Å². The summed E-state index contributed by atoms with van der Waals surface area (Å²) in [5.74, 6) is 0.221. The fourth-order valence-corrected chi connectivity index (χ4v) is 1.43. The first-order chi connectivity index (χ1) is 7.18. The second-order valence-corrected chi connectivity index (χ2v) is 3.73. The lowest BCUT2D eigenvalue weighted by atomic mass is 10.2. The molecule has 0 fully saturated rings. The summed E-state index contributed by atoms with van der Waals surface area (Å²) in [7, 11) is 0. The first-order valence-electron chi connectivity index (χ1n) is 4.17. The van der Waals surface area contributed by atoms with Gasteiger partial charge in [-0.25, -0.2) is 4.39 Å². The van der Waals surface area contributed by atoms with Crippen molar-refractivity contribution in [2.24, 2.45) is 0 Å². The number of aryl methyl sites for hydroxylation is 1. The van der Waals surface area contributed by atoms with Crippen LogP contribution >= 0.6 is 15.9 Å². The molecule has 0 N–H and O–H groups in total. The molecule has 2 aromatic rings. The number of halogens is 2. The fourth-order valence-electron chi connectivity index (χ4n) is 1.06. The van der Waals surface area contributed by atoms with E-state index in [1.165, 1.54) is 0 Å². The van der Waals surface area contributed by atoms with Gasteiger partial charge in [-0.1, -0.05) is 6.07 Å². The smallest absolute Gasteiger partial charge is 0.205 e. The standard InChI is InChI=1S/C9H6BrFN4/c1-5-12-14-9(15-13-5)6-3-2-4-7(10)8(6)11/h2-4H,1H3. The molecule has 15 heavy (non-hydrogen) atoms. The van der Waals surface area contributed by atoms with Crippen LogP contribution in [0.1, 0.15) is 5.82 Å². The summed E-state index contributed by atoms with van der Waals surface area (Å²) in [5.41, 5.74) is 0.282. The van der Waals surface area contributed by atoms with Crippen LogP contribution in [0.3, 0.4) is 0 Å². The fraction of sp³-hybridized carbons (Fsp3) is 0.111. The number of hydrogen-bond donors (Lipinski definition) is 0. The van der Waals surface area contributed by atoms with Crippen LogP contribution in [0.25, 0.3) is 11.4 Å². The average Bonchev–Trinajstić information content (AvgIpc) is 2.24. The number of nitrogens with zero attached hydrogens (tertiary/aromatic N) is 4. The summed E-state index contributed by atoms with van der Waals surface area (Å²) in [4.78, 5) is 0. The van der Waals surface area contributed by atoms with E-state index < -0.39 is 5.82 Å². The second kappa shape index (κ2) is 3.98.